The molecule has 0 aliphatic heterocycles. The van der Waals surface area contributed by atoms with E-state index in [1.807, 2.05) is 24.3 Å². The molecule has 0 radical (unpaired) electrons. The molecule has 0 saturated heterocycles. The van der Waals surface area contributed by atoms with Crippen molar-refractivity contribution in [1.82, 2.24) is 0 Å². The van der Waals surface area contributed by atoms with Crippen molar-refractivity contribution in [2.75, 3.05) is 0 Å². The van der Waals surface area contributed by atoms with E-state index in [1.165, 1.54) is 25.7 Å². The molecule has 0 spiro atoms. The fourth-order valence-corrected chi connectivity index (χ4v) is 2.68. The first-order valence-corrected chi connectivity index (χ1v) is 6.82. The Kier molecular flexibility index (Phi) is 4.24. The zero-order chi connectivity index (χ0) is 13.0. The molecule has 1 saturated carbocycles. The van der Waals surface area contributed by atoms with E-state index >= 15 is 0 Å². The Bertz CT molecular complexity index is 399. The number of nitrogen functional groups attached to an aromatic ring is 1. The van der Waals surface area contributed by atoms with Gasteiger partial charge in [-0.15, -0.1) is 0 Å². The van der Waals surface area contributed by atoms with Gasteiger partial charge in [0.25, 0.3) is 0 Å². The molecule has 0 heterocycles. The van der Waals surface area contributed by atoms with Crippen LogP contribution in [0.4, 0.5) is 0 Å². The molecule has 3 heteroatoms. The molecule has 3 N–H and O–H groups in total. The van der Waals surface area contributed by atoms with Gasteiger partial charge in [0.1, 0.15) is 17.7 Å². The molecule has 2 atom stereocenters. The number of rotatable bonds is 4. The van der Waals surface area contributed by atoms with Crippen molar-refractivity contribution in [3.05, 3.63) is 29.8 Å². The second-order valence-electron chi connectivity index (χ2n) is 5.05. The normalized spacial score (nSPS) is 23.6. The molecule has 98 valence electrons. The van der Waals surface area contributed by atoms with Gasteiger partial charge in [0.05, 0.1) is 0 Å². The number of benzene rings is 1. The Labute approximate surface area is 109 Å². The van der Waals surface area contributed by atoms with E-state index in [0.29, 0.717) is 12.0 Å². The van der Waals surface area contributed by atoms with Gasteiger partial charge in [-0.3, -0.25) is 5.41 Å². The molecule has 18 heavy (non-hydrogen) atoms. The quantitative estimate of drug-likeness (QED) is 0.632. The van der Waals surface area contributed by atoms with Crippen LogP contribution in [0.25, 0.3) is 0 Å². The molecule has 2 rings (SSSR count). The Morgan fingerprint density at radius 3 is 2.56 bits per heavy atom. The van der Waals surface area contributed by atoms with Gasteiger partial charge in [-0.1, -0.05) is 13.3 Å². The van der Waals surface area contributed by atoms with E-state index in [2.05, 4.69) is 6.92 Å². The van der Waals surface area contributed by atoms with Crippen molar-refractivity contribution >= 4 is 5.84 Å². The zero-order valence-electron chi connectivity index (χ0n) is 11.0. The maximum absolute atomic E-state index is 7.36. The highest BCUT2D eigenvalue weighted by Gasteiger charge is 2.25. The molecule has 1 aromatic rings. The number of nitrogens with two attached hydrogens (primary N) is 1. The molecule has 0 bridgehead atoms. The van der Waals surface area contributed by atoms with E-state index in [1.54, 1.807) is 0 Å². The van der Waals surface area contributed by atoms with Gasteiger partial charge in [-0.25, -0.2) is 0 Å². The van der Waals surface area contributed by atoms with Gasteiger partial charge < -0.3 is 10.5 Å². The zero-order valence-corrected chi connectivity index (χ0v) is 11.0. The van der Waals surface area contributed by atoms with Gasteiger partial charge in [0.15, 0.2) is 0 Å². The Morgan fingerprint density at radius 1 is 1.28 bits per heavy atom. The molecule has 0 amide bonds. The lowest BCUT2D eigenvalue weighted by Gasteiger charge is -2.31. The lowest BCUT2D eigenvalue weighted by Crippen LogP contribution is -2.29. The Hall–Kier alpha value is -1.51. The van der Waals surface area contributed by atoms with Crippen LogP contribution in [0.15, 0.2) is 24.3 Å². The minimum atomic E-state index is 0.102. The largest absolute Gasteiger partial charge is 0.490 e. The number of hydrogen-bond acceptors (Lipinski definition) is 2. The summed E-state index contributed by atoms with van der Waals surface area (Å²) in [5.74, 6) is 1.68. The third-order valence-electron chi connectivity index (χ3n) is 3.82. The first-order valence-electron chi connectivity index (χ1n) is 6.82. The average molecular weight is 246 g/mol. The maximum atomic E-state index is 7.36. The van der Waals surface area contributed by atoms with E-state index in [4.69, 9.17) is 15.9 Å². The highest BCUT2D eigenvalue weighted by molar-refractivity contribution is 5.94. The number of nitrogens with one attached hydrogen (secondary N) is 1. The lowest BCUT2D eigenvalue weighted by molar-refractivity contribution is 0.0904. The smallest absolute Gasteiger partial charge is 0.122 e. The monoisotopic (exact) mass is 246 g/mol. The third-order valence-corrected chi connectivity index (χ3v) is 3.82. The van der Waals surface area contributed by atoms with Crippen molar-refractivity contribution in [2.45, 2.75) is 45.1 Å². The molecular formula is C15H22N2O. The molecule has 1 fully saturated rings. The summed E-state index contributed by atoms with van der Waals surface area (Å²) >= 11 is 0. The number of amidine groups is 1. The van der Waals surface area contributed by atoms with Crippen LogP contribution in [0.1, 0.15) is 44.6 Å². The summed E-state index contributed by atoms with van der Waals surface area (Å²) in [5.41, 5.74) is 6.18. The van der Waals surface area contributed by atoms with Crippen LogP contribution < -0.4 is 10.5 Å². The van der Waals surface area contributed by atoms with Gasteiger partial charge in [0.2, 0.25) is 0 Å². The lowest BCUT2D eigenvalue weighted by atomic mass is 9.85. The van der Waals surface area contributed by atoms with Crippen LogP contribution in [0.5, 0.6) is 5.75 Å². The van der Waals surface area contributed by atoms with Gasteiger partial charge in [0, 0.05) is 5.56 Å². The van der Waals surface area contributed by atoms with Crippen LogP contribution in [-0.4, -0.2) is 11.9 Å². The first-order chi connectivity index (χ1) is 8.70. The van der Waals surface area contributed by atoms with Crippen molar-refractivity contribution in [1.29, 1.82) is 5.41 Å². The fourth-order valence-electron chi connectivity index (χ4n) is 2.68. The predicted octanol–water partition coefficient (Wildman–Crippen LogP) is 3.32. The van der Waals surface area contributed by atoms with Crippen LogP contribution >= 0.6 is 0 Å². The second-order valence-corrected chi connectivity index (χ2v) is 5.05. The van der Waals surface area contributed by atoms with E-state index in [0.717, 1.165) is 17.7 Å². The number of hydrogen-bond donors (Lipinski definition) is 2. The fraction of sp³-hybridized carbons (Fsp3) is 0.533. The Morgan fingerprint density at radius 2 is 1.94 bits per heavy atom. The molecule has 1 aliphatic rings. The minimum Gasteiger partial charge on any atom is -0.490 e. The standard InChI is InChI=1S/C15H22N2O/c1-2-11-5-3-4-6-14(11)18-13-9-7-12(8-10-13)15(16)17/h7-11,14H,2-6H2,1H3,(H3,16,17). The SMILES string of the molecule is CCC1CCCCC1Oc1ccc(C(=N)N)cc1. The first kappa shape index (κ1) is 12.9. The summed E-state index contributed by atoms with van der Waals surface area (Å²) in [6.45, 7) is 2.24. The van der Waals surface area contributed by atoms with Crippen molar-refractivity contribution in [3.8, 4) is 5.75 Å². The van der Waals surface area contributed by atoms with Crippen LogP contribution in [0, 0.1) is 11.3 Å². The molecule has 1 aromatic carbocycles. The summed E-state index contributed by atoms with van der Waals surface area (Å²) in [7, 11) is 0. The maximum Gasteiger partial charge on any atom is 0.122 e. The van der Waals surface area contributed by atoms with Crippen LogP contribution in [0.2, 0.25) is 0 Å². The second kappa shape index (κ2) is 5.89. The van der Waals surface area contributed by atoms with E-state index in [9.17, 15) is 0 Å². The van der Waals surface area contributed by atoms with E-state index < -0.39 is 0 Å². The summed E-state index contributed by atoms with van der Waals surface area (Å²) in [5, 5.41) is 7.36. The summed E-state index contributed by atoms with van der Waals surface area (Å²) in [6.07, 6.45) is 6.59. The highest BCUT2D eigenvalue weighted by Crippen LogP contribution is 2.30. The van der Waals surface area contributed by atoms with Gasteiger partial charge in [-0.2, -0.15) is 0 Å². The average Bonchev–Trinajstić information content (AvgIpc) is 2.40. The minimum absolute atomic E-state index is 0.102. The summed E-state index contributed by atoms with van der Waals surface area (Å²) in [4.78, 5) is 0. The topological polar surface area (TPSA) is 59.1 Å². The summed E-state index contributed by atoms with van der Waals surface area (Å²) in [6, 6.07) is 7.53. The molecule has 2 unspecified atom stereocenters. The summed E-state index contributed by atoms with van der Waals surface area (Å²) < 4.78 is 6.08. The van der Waals surface area contributed by atoms with Crippen molar-refractivity contribution in [3.63, 3.8) is 0 Å². The van der Waals surface area contributed by atoms with Crippen molar-refractivity contribution in [2.24, 2.45) is 11.7 Å². The van der Waals surface area contributed by atoms with Crippen LogP contribution in [0.3, 0.4) is 0 Å². The molecule has 0 aromatic heterocycles. The number of ether oxygens (including phenoxy) is 1. The van der Waals surface area contributed by atoms with Gasteiger partial charge in [-0.05, 0) is 55.9 Å². The Balaban J connectivity index is 2.01. The third kappa shape index (κ3) is 3.03. The van der Waals surface area contributed by atoms with Gasteiger partial charge >= 0.3 is 0 Å². The highest BCUT2D eigenvalue weighted by atomic mass is 16.5. The van der Waals surface area contributed by atoms with Crippen LogP contribution in [-0.2, 0) is 0 Å². The van der Waals surface area contributed by atoms with E-state index in [-0.39, 0.29) is 5.84 Å². The molecule has 3 nitrogen and oxygen atoms in total. The van der Waals surface area contributed by atoms with Crippen molar-refractivity contribution < 1.29 is 4.74 Å². The molecular weight excluding hydrogens is 224 g/mol. The molecule has 1 aliphatic carbocycles. The predicted molar refractivity (Wildman–Crippen MR) is 74.1 cm³/mol.